The van der Waals surface area contributed by atoms with E-state index < -0.39 is 12.0 Å². The molecule has 0 rings (SSSR count). The Balaban J connectivity index is 4.53. The van der Waals surface area contributed by atoms with E-state index in [0.717, 1.165) is 38.5 Å². The number of unbranched alkanes of at least 4 members (excludes halogenated alkanes) is 4. The first-order chi connectivity index (χ1) is 9.58. The summed E-state index contributed by atoms with van der Waals surface area (Å²) in [6.45, 7) is 3.90. The van der Waals surface area contributed by atoms with E-state index in [1.807, 2.05) is 0 Å². The van der Waals surface area contributed by atoms with Crippen LogP contribution in [0.2, 0.25) is 0 Å². The number of hydrogen-bond donors (Lipinski definition) is 2. The fourth-order valence-corrected chi connectivity index (χ4v) is 2.32. The van der Waals surface area contributed by atoms with Gasteiger partial charge in [-0.15, -0.1) is 0 Å². The lowest BCUT2D eigenvalue weighted by Gasteiger charge is -2.20. The Labute approximate surface area is 122 Å². The first-order valence-electron chi connectivity index (χ1n) is 7.92. The number of hydrogen-bond acceptors (Lipinski definition) is 4. The minimum atomic E-state index is -1.04. The second kappa shape index (κ2) is 12.0. The number of carbonyl (C=O) groups is 2. The van der Waals surface area contributed by atoms with E-state index >= 15 is 0 Å². The third-order valence-corrected chi connectivity index (χ3v) is 3.56. The van der Waals surface area contributed by atoms with E-state index in [0.29, 0.717) is 12.8 Å². The van der Waals surface area contributed by atoms with Crippen molar-refractivity contribution in [3.8, 4) is 0 Å². The van der Waals surface area contributed by atoms with Gasteiger partial charge in [-0.25, -0.2) is 0 Å². The molecular formula is C16H30O4. The highest BCUT2D eigenvalue weighted by molar-refractivity contribution is 6.02. The maximum atomic E-state index is 12.1. The van der Waals surface area contributed by atoms with Crippen LogP contribution in [0.3, 0.4) is 0 Å². The van der Waals surface area contributed by atoms with Gasteiger partial charge in [0.1, 0.15) is 17.5 Å². The van der Waals surface area contributed by atoms with Gasteiger partial charge in [-0.2, -0.15) is 0 Å². The number of rotatable bonds is 13. The first-order valence-corrected chi connectivity index (χ1v) is 7.92. The zero-order valence-corrected chi connectivity index (χ0v) is 12.9. The van der Waals surface area contributed by atoms with Gasteiger partial charge >= 0.3 is 0 Å². The maximum absolute atomic E-state index is 12.1. The molecule has 0 aliphatic rings. The van der Waals surface area contributed by atoms with Crippen LogP contribution < -0.4 is 0 Å². The van der Waals surface area contributed by atoms with Gasteiger partial charge in [0.2, 0.25) is 0 Å². The molecular weight excluding hydrogens is 256 g/mol. The molecule has 0 aromatic carbocycles. The summed E-state index contributed by atoms with van der Waals surface area (Å²) >= 11 is 0. The number of Topliss-reactive ketones (excluding diaryl/α,β-unsaturated/α-hetero) is 2. The summed E-state index contributed by atoms with van der Waals surface area (Å²) in [5.41, 5.74) is 0. The molecule has 4 nitrogen and oxygen atoms in total. The van der Waals surface area contributed by atoms with Crippen molar-refractivity contribution in [2.75, 3.05) is 6.61 Å². The van der Waals surface area contributed by atoms with Crippen LogP contribution in [0.5, 0.6) is 0 Å². The van der Waals surface area contributed by atoms with Crippen LogP contribution in [0.15, 0.2) is 0 Å². The average Bonchev–Trinajstić information content (AvgIpc) is 2.40. The lowest BCUT2D eigenvalue weighted by molar-refractivity contribution is -0.138. The molecule has 0 heterocycles. The number of aliphatic hydroxyl groups is 2. The summed E-state index contributed by atoms with van der Waals surface area (Å²) in [7, 11) is 0. The maximum Gasteiger partial charge on any atom is 0.145 e. The molecule has 1 atom stereocenters. The van der Waals surface area contributed by atoms with Gasteiger partial charge in [-0.1, -0.05) is 39.5 Å². The average molecular weight is 286 g/mol. The lowest BCUT2D eigenvalue weighted by Crippen LogP contribution is -2.35. The molecule has 0 unspecified atom stereocenters. The van der Waals surface area contributed by atoms with Gasteiger partial charge in [0.15, 0.2) is 0 Å². The van der Waals surface area contributed by atoms with Crippen molar-refractivity contribution in [2.24, 2.45) is 5.92 Å². The van der Waals surface area contributed by atoms with Crippen molar-refractivity contribution in [1.82, 2.24) is 0 Å². The second-order valence-corrected chi connectivity index (χ2v) is 5.40. The summed E-state index contributed by atoms with van der Waals surface area (Å²) in [6, 6.07) is 0. The van der Waals surface area contributed by atoms with E-state index in [-0.39, 0.29) is 24.6 Å². The largest absolute Gasteiger partial charge is 0.396 e. The summed E-state index contributed by atoms with van der Waals surface area (Å²) in [6.07, 6.45) is 5.22. The summed E-state index contributed by atoms with van der Waals surface area (Å²) in [5, 5.41) is 18.9. The standard InChI is InChI=1S/C16H30O4/c1-3-5-7-9-13(18)16(15(20)11-12-17)14(19)10-8-6-4-2/h15-17,20H,3-12H2,1-2H3/t15-/m1/s1. The van der Waals surface area contributed by atoms with E-state index in [4.69, 9.17) is 5.11 Å². The van der Waals surface area contributed by atoms with Gasteiger partial charge in [-0.3, -0.25) is 9.59 Å². The van der Waals surface area contributed by atoms with Crippen molar-refractivity contribution < 1.29 is 19.8 Å². The normalized spacial score (nSPS) is 12.7. The Hall–Kier alpha value is -0.740. The Morgan fingerprint density at radius 2 is 1.35 bits per heavy atom. The third kappa shape index (κ3) is 7.75. The zero-order valence-electron chi connectivity index (χ0n) is 12.9. The molecule has 2 N–H and O–H groups in total. The van der Waals surface area contributed by atoms with E-state index in [1.54, 1.807) is 0 Å². The van der Waals surface area contributed by atoms with Crippen LogP contribution in [-0.4, -0.2) is 34.5 Å². The number of carbonyl (C=O) groups excluding carboxylic acids is 2. The minimum absolute atomic E-state index is 0.0870. The van der Waals surface area contributed by atoms with Crippen LogP contribution in [0.25, 0.3) is 0 Å². The molecule has 0 aliphatic carbocycles. The van der Waals surface area contributed by atoms with Crippen LogP contribution in [0.4, 0.5) is 0 Å². The summed E-state index contributed by atoms with van der Waals surface area (Å²) in [4.78, 5) is 24.3. The van der Waals surface area contributed by atoms with Crippen LogP contribution in [0, 0.1) is 5.92 Å². The molecule has 0 aliphatic heterocycles. The van der Waals surface area contributed by atoms with Crippen molar-refractivity contribution in [1.29, 1.82) is 0 Å². The molecule has 0 fully saturated rings. The summed E-state index contributed by atoms with van der Waals surface area (Å²) < 4.78 is 0. The Morgan fingerprint density at radius 3 is 1.70 bits per heavy atom. The molecule has 0 aromatic rings. The molecule has 0 amide bonds. The molecule has 118 valence electrons. The van der Waals surface area contributed by atoms with E-state index in [1.165, 1.54) is 0 Å². The molecule has 0 saturated carbocycles. The van der Waals surface area contributed by atoms with Crippen molar-refractivity contribution in [2.45, 2.75) is 77.7 Å². The minimum Gasteiger partial charge on any atom is -0.396 e. The fraction of sp³-hybridized carbons (Fsp3) is 0.875. The van der Waals surface area contributed by atoms with E-state index in [2.05, 4.69) is 13.8 Å². The second-order valence-electron chi connectivity index (χ2n) is 5.40. The lowest BCUT2D eigenvalue weighted by atomic mass is 9.86. The smallest absolute Gasteiger partial charge is 0.145 e. The third-order valence-electron chi connectivity index (χ3n) is 3.56. The zero-order chi connectivity index (χ0) is 15.4. The Bertz CT molecular complexity index is 254. The van der Waals surface area contributed by atoms with Gasteiger partial charge in [0.25, 0.3) is 0 Å². The molecule has 0 aromatic heterocycles. The topological polar surface area (TPSA) is 74.6 Å². The van der Waals surface area contributed by atoms with Crippen LogP contribution in [-0.2, 0) is 9.59 Å². The van der Waals surface area contributed by atoms with Crippen molar-refractivity contribution in [3.63, 3.8) is 0 Å². The van der Waals surface area contributed by atoms with Crippen LogP contribution >= 0.6 is 0 Å². The highest BCUT2D eigenvalue weighted by Gasteiger charge is 2.31. The molecule has 20 heavy (non-hydrogen) atoms. The Kier molecular flexibility index (Phi) is 11.6. The molecule has 4 heteroatoms. The molecule has 0 spiro atoms. The Morgan fingerprint density at radius 1 is 0.900 bits per heavy atom. The molecule has 0 radical (unpaired) electrons. The van der Waals surface area contributed by atoms with Crippen molar-refractivity contribution in [3.05, 3.63) is 0 Å². The van der Waals surface area contributed by atoms with Gasteiger partial charge in [0, 0.05) is 19.4 Å². The number of ketones is 2. The van der Waals surface area contributed by atoms with Crippen molar-refractivity contribution >= 4 is 11.6 Å². The van der Waals surface area contributed by atoms with Gasteiger partial charge < -0.3 is 10.2 Å². The van der Waals surface area contributed by atoms with Gasteiger partial charge in [0.05, 0.1) is 6.10 Å². The highest BCUT2D eigenvalue weighted by Crippen LogP contribution is 2.18. The monoisotopic (exact) mass is 286 g/mol. The number of aliphatic hydroxyl groups excluding tert-OH is 2. The van der Waals surface area contributed by atoms with Crippen LogP contribution in [0.1, 0.15) is 71.6 Å². The molecule has 0 bridgehead atoms. The van der Waals surface area contributed by atoms with Gasteiger partial charge in [-0.05, 0) is 19.3 Å². The SMILES string of the molecule is CCCCCC(=O)C(C(=O)CCCCC)[C@H](O)CCO. The first kappa shape index (κ1) is 19.3. The fourth-order valence-electron chi connectivity index (χ4n) is 2.32. The summed E-state index contributed by atoms with van der Waals surface area (Å²) in [5.74, 6) is -1.27. The highest BCUT2D eigenvalue weighted by atomic mass is 16.3. The quantitative estimate of drug-likeness (QED) is 0.403. The molecule has 0 saturated heterocycles. The predicted molar refractivity (Wildman–Crippen MR) is 79.5 cm³/mol. The van der Waals surface area contributed by atoms with E-state index in [9.17, 15) is 14.7 Å². The predicted octanol–water partition coefficient (Wildman–Crippen LogP) is 2.64.